The molecule has 19 heavy (non-hydrogen) atoms. The number of alkyl halides is 3. The van der Waals surface area contributed by atoms with Gasteiger partial charge in [-0.25, -0.2) is 0 Å². The molecule has 2 atom stereocenters. The second kappa shape index (κ2) is 6.02. The first-order valence-electron chi connectivity index (χ1n) is 5.90. The van der Waals surface area contributed by atoms with Gasteiger partial charge in [0.1, 0.15) is 5.75 Å². The molecule has 0 aromatic heterocycles. The maximum absolute atomic E-state index is 12.4. The molecule has 1 aliphatic heterocycles. The number of ether oxygens (including phenoxy) is 1. The molecular formula is C12H15F3N2OS. The van der Waals surface area contributed by atoms with Crippen LogP contribution in [0.25, 0.3) is 0 Å². The van der Waals surface area contributed by atoms with Crippen LogP contribution in [0.15, 0.2) is 24.3 Å². The fourth-order valence-corrected chi connectivity index (χ4v) is 3.55. The zero-order valence-corrected chi connectivity index (χ0v) is 10.9. The molecule has 0 bridgehead atoms. The second-order valence-electron chi connectivity index (χ2n) is 4.35. The van der Waals surface area contributed by atoms with Crippen LogP contribution >= 0.6 is 11.8 Å². The quantitative estimate of drug-likeness (QED) is 0.662. The lowest BCUT2D eigenvalue weighted by Gasteiger charge is -2.25. The Hall–Kier alpha value is -0.920. The Morgan fingerprint density at radius 2 is 2.11 bits per heavy atom. The molecule has 1 saturated heterocycles. The maximum atomic E-state index is 12.4. The number of rotatable bonds is 4. The van der Waals surface area contributed by atoms with E-state index in [9.17, 15) is 13.2 Å². The van der Waals surface area contributed by atoms with Gasteiger partial charge in [-0.15, -0.1) is 13.2 Å². The summed E-state index contributed by atoms with van der Waals surface area (Å²) < 4.78 is 41.2. The van der Waals surface area contributed by atoms with E-state index >= 15 is 0 Å². The lowest BCUT2D eigenvalue weighted by Crippen LogP contribution is -2.34. The van der Waals surface area contributed by atoms with Gasteiger partial charge in [-0.3, -0.25) is 11.3 Å². The number of hydrogen-bond donors (Lipinski definition) is 2. The largest absolute Gasteiger partial charge is 0.573 e. The van der Waals surface area contributed by atoms with E-state index in [2.05, 4.69) is 10.2 Å². The summed E-state index contributed by atoms with van der Waals surface area (Å²) in [7, 11) is 0. The number of hydrazine groups is 1. The average Bonchev–Trinajstić information content (AvgIpc) is 2.84. The molecule has 0 radical (unpaired) electrons. The molecule has 2 unspecified atom stereocenters. The van der Waals surface area contributed by atoms with Crippen molar-refractivity contribution >= 4 is 11.8 Å². The second-order valence-corrected chi connectivity index (χ2v) is 5.50. The summed E-state index contributed by atoms with van der Waals surface area (Å²) >= 11 is 1.78. The summed E-state index contributed by atoms with van der Waals surface area (Å²) in [5.41, 5.74) is 3.08. The molecule has 0 amide bonds. The van der Waals surface area contributed by atoms with Crippen molar-refractivity contribution in [3.05, 3.63) is 29.8 Å². The molecule has 1 aromatic carbocycles. The van der Waals surface area contributed by atoms with Crippen LogP contribution in [-0.2, 0) is 0 Å². The van der Waals surface area contributed by atoms with Gasteiger partial charge in [-0.2, -0.15) is 11.8 Å². The van der Waals surface area contributed by atoms with Crippen LogP contribution in [0.4, 0.5) is 13.2 Å². The first-order valence-corrected chi connectivity index (χ1v) is 7.05. The van der Waals surface area contributed by atoms with E-state index in [-0.39, 0.29) is 17.7 Å². The number of nitrogens with one attached hydrogen (secondary N) is 1. The Balaban J connectivity index is 2.26. The molecule has 0 spiro atoms. The third-order valence-corrected chi connectivity index (χ3v) is 4.28. The maximum Gasteiger partial charge on any atom is 0.573 e. The smallest absolute Gasteiger partial charge is 0.405 e. The van der Waals surface area contributed by atoms with E-state index in [4.69, 9.17) is 5.84 Å². The van der Waals surface area contributed by atoms with Crippen LogP contribution < -0.4 is 16.0 Å². The predicted molar refractivity (Wildman–Crippen MR) is 68.6 cm³/mol. The van der Waals surface area contributed by atoms with E-state index in [0.717, 1.165) is 17.9 Å². The summed E-state index contributed by atoms with van der Waals surface area (Å²) in [6.45, 7) is 0. The molecule has 1 aromatic rings. The number of hydrogen-bond acceptors (Lipinski definition) is 4. The summed E-state index contributed by atoms with van der Waals surface area (Å²) in [4.78, 5) is 0. The highest BCUT2D eigenvalue weighted by Crippen LogP contribution is 2.38. The van der Waals surface area contributed by atoms with Crippen molar-refractivity contribution in [1.82, 2.24) is 5.43 Å². The molecule has 3 nitrogen and oxygen atoms in total. The molecule has 2 rings (SSSR count). The normalized spacial score (nSPS) is 21.4. The van der Waals surface area contributed by atoms with Crippen molar-refractivity contribution < 1.29 is 17.9 Å². The van der Waals surface area contributed by atoms with Gasteiger partial charge in [0.2, 0.25) is 0 Å². The Bertz CT molecular complexity index is 422. The van der Waals surface area contributed by atoms with Crippen LogP contribution in [0.5, 0.6) is 5.75 Å². The third kappa shape index (κ3) is 3.77. The Labute approximate surface area is 113 Å². The van der Waals surface area contributed by atoms with E-state index in [0.29, 0.717) is 5.56 Å². The van der Waals surface area contributed by atoms with E-state index < -0.39 is 6.36 Å². The monoisotopic (exact) mass is 292 g/mol. The summed E-state index contributed by atoms with van der Waals surface area (Å²) in [5.74, 6) is 7.44. The highest BCUT2D eigenvalue weighted by molar-refractivity contribution is 7.99. The molecule has 1 heterocycles. The Morgan fingerprint density at radius 3 is 2.68 bits per heavy atom. The standard InChI is InChI=1S/C12H15F3N2OS/c13-12(14,15)18-10-4-2-1-3-9(10)11(17-16)8-5-6-19-7-8/h1-4,8,11,17H,5-7,16H2. The average molecular weight is 292 g/mol. The van der Waals surface area contributed by atoms with Gasteiger partial charge in [-0.05, 0) is 29.9 Å². The molecule has 1 fully saturated rings. The molecule has 3 N–H and O–H groups in total. The third-order valence-electron chi connectivity index (χ3n) is 3.10. The number of nitrogens with two attached hydrogens (primary N) is 1. The van der Waals surface area contributed by atoms with E-state index in [1.165, 1.54) is 12.1 Å². The molecule has 1 aliphatic rings. The first kappa shape index (κ1) is 14.5. The van der Waals surface area contributed by atoms with Gasteiger partial charge in [0.05, 0.1) is 6.04 Å². The van der Waals surface area contributed by atoms with Crippen molar-refractivity contribution in [2.24, 2.45) is 11.8 Å². The molecule has 0 aliphatic carbocycles. The lowest BCUT2D eigenvalue weighted by molar-refractivity contribution is -0.275. The van der Waals surface area contributed by atoms with Gasteiger partial charge in [-0.1, -0.05) is 18.2 Å². The predicted octanol–water partition coefficient (Wildman–Crippen LogP) is 2.84. The van der Waals surface area contributed by atoms with E-state index in [1.54, 1.807) is 23.9 Å². The molecule has 7 heteroatoms. The van der Waals surface area contributed by atoms with Crippen LogP contribution in [0, 0.1) is 5.92 Å². The zero-order valence-electron chi connectivity index (χ0n) is 10.1. The van der Waals surface area contributed by atoms with Crippen molar-refractivity contribution in [3.8, 4) is 5.75 Å². The van der Waals surface area contributed by atoms with Crippen molar-refractivity contribution in [3.63, 3.8) is 0 Å². The fourth-order valence-electron chi connectivity index (χ4n) is 2.25. The van der Waals surface area contributed by atoms with Gasteiger partial charge in [0.15, 0.2) is 0 Å². The number of benzene rings is 1. The van der Waals surface area contributed by atoms with Crippen molar-refractivity contribution in [1.29, 1.82) is 0 Å². The van der Waals surface area contributed by atoms with Crippen LogP contribution in [-0.4, -0.2) is 17.9 Å². The first-order chi connectivity index (χ1) is 9.01. The van der Waals surface area contributed by atoms with Gasteiger partial charge >= 0.3 is 6.36 Å². The Morgan fingerprint density at radius 1 is 1.37 bits per heavy atom. The fraction of sp³-hybridized carbons (Fsp3) is 0.500. The van der Waals surface area contributed by atoms with Crippen LogP contribution in [0.2, 0.25) is 0 Å². The molecular weight excluding hydrogens is 277 g/mol. The zero-order chi connectivity index (χ0) is 13.9. The molecule has 106 valence electrons. The lowest BCUT2D eigenvalue weighted by atomic mass is 9.92. The molecule has 0 saturated carbocycles. The van der Waals surface area contributed by atoms with Crippen LogP contribution in [0.3, 0.4) is 0 Å². The SMILES string of the molecule is NNC(c1ccccc1OC(F)(F)F)C1CCSC1. The highest BCUT2D eigenvalue weighted by atomic mass is 32.2. The van der Waals surface area contributed by atoms with Gasteiger partial charge in [0.25, 0.3) is 0 Å². The minimum absolute atomic E-state index is 0.185. The number of para-hydroxylation sites is 1. The van der Waals surface area contributed by atoms with Crippen LogP contribution in [0.1, 0.15) is 18.0 Å². The van der Waals surface area contributed by atoms with E-state index in [1.807, 2.05) is 0 Å². The number of thioether (sulfide) groups is 1. The van der Waals surface area contributed by atoms with Crippen molar-refractivity contribution in [2.75, 3.05) is 11.5 Å². The number of halogens is 3. The highest BCUT2D eigenvalue weighted by Gasteiger charge is 2.34. The topological polar surface area (TPSA) is 47.3 Å². The minimum Gasteiger partial charge on any atom is -0.405 e. The Kier molecular flexibility index (Phi) is 4.59. The summed E-state index contributed by atoms with van der Waals surface area (Å²) in [6.07, 6.45) is -3.76. The van der Waals surface area contributed by atoms with Gasteiger partial charge < -0.3 is 4.74 Å². The minimum atomic E-state index is -4.69. The van der Waals surface area contributed by atoms with Gasteiger partial charge in [0, 0.05) is 5.56 Å². The summed E-state index contributed by atoms with van der Waals surface area (Å²) in [6, 6.07) is 5.81. The summed E-state index contributed by atoms with van der Waals surface area (Å²) in [5, 5.41) is 0. The van der Waals surface area contributed by atoms with Crippen molar-refractivity contribution in [2.45, 2.75) is 18.8 Å².